The summed E-state index contributed by atoms with van der Waals surface area (Å²) in [4.78, 5) is 6.35. The number of rotatable bonds is 2. The SMILES string of the molecule is c1cc2c3c(c1)C(n1nc4ccccc4n1)CCN3CCC2n1nc2ccccc2n1. The Morgan fingerprint density at radius 3 is 1.39 bits per heavy atom. The Morgan fingerprint density at radius 1 is 0.548 bits per heavy atom. The predicted octanol–water partition coefficient (Wildman–Crippen LogP) is 3.97. The molecule has 2 atom stereocenters. The number of fused-ring (bicyclic) bond motifs is 2. The Bertz CT molecular complexity index is 1260. The molecule has 7 rings (SSSR count). The third-order valence-corrected chi connectivity index (χ3v) is 6.64. The Hall–Kier alpha value is -3.74. The van der Waals surface area contributed by atoms with E-state index in [1.165, 1.54) is 16.8 Å². The van der Waals surface area contributed by atoms with Gasteiger partial charge in [0.15, 0.2) is 0 Å². The van der Waals surface area contributed by atoms with E-state index in [0.717, 1.165) is 48.0 Å². The van der Waals surface area contributed by atoms with E-state index in [1.807, 2.05) is 58.1 Å². The van der Waals surface area contributed by atoms with E-state index in [1.54, 1.807) is 0 Å². The van der Waals surface area contributed by atoms with Gasteiger partial charge in [0.2, 0.25) is 0 Å². The van der Waals surface area contributed by atoms with Crippen molar-refractivity contribution in [2.24, 2.45) is 0 Å². The standard InChI is InChI=1S/C24H21N7/c1-2-9-19-18(8-1)25-30(26-19)22-12-14-29-15-13-23(17-7-5-6-16(22)24(17)29)31-27-20-10-3-4-11-21(20)28-31/h1-11,22-23H,12-15H2. The van der Waals surface area contributed by atoms with Crippen LogP contribution in [-0.4, -0.2) is 43.1 Å². The van der Waals surface area contributed by atoms with Gasteiger partial charge in [0, 0.05) is 29.9 Å². The molecule has 3 aromatic carbocycles. The van der Waals surface area contributed by atoms with Crippen molar-refractivity contribution in [3.05, 3.63) is 77.9 Å². The number of nitrogens with zero attached hydrogens (tertiary/aromatic N) is 7. The van der Waals surface area contributed by atoms with Crippen molar-refractivity contribution in [3.8, 4) is 0 Å². The number of para-hydroxylation sites is 1. The van der Waals surface area contributed by atoms with E-state index in [-0.39, 0.29) is 12.1 Å². The van der Waals surface area contributed by atoms with Gasteiger partial charge in [-0.15, -0.1) is 0 Å². The minimum atomic E-state index is 0.141. The van der Waals surface area contributed by atoms with Crippen LogP contribution < -0.4 is 4.90 Å². The summed E-state index contributed by atoms with van der Waals surface area (Å²) < 4.78 is 0. The van der Waals surface area contributed by atoms with Gasteiger partial charge >= 0.3 is 0 Å². The van der Waals surface area contributed by atoms with Crippen LogP contribution >= 0.6 is 0 Å². The number of aromatic nitrogens is 6. The molecule has 4 heterocycles. The molecule has 7 nitrogen and oxygen atoms in total. The first-order valence-electron chi connectivity index (χ1n) is 10.9. The van der Waals surface area contributed by atoms with E-state index in [2.05, 4.69) is 23.1 Å². The van der Waals surface area contributed by atoms with Crippen LogP contribution in [0.3, 0.4) is 0 Å². The van der Waals surface area contributed by atoms with Crippen molar-refractivity contribution in [1.82, 2.24) is 30.0 Å². The lowest BCUT2D eigenvalue weighted by Crippen LogP contribution is -2.40. The van der Waals surface area contributed by atoms with Gasteiger partial charge in [-0.05, 0) is 37.1 Å². The molecule has 2 aromatic heterocycles. The van der Waals surface area contributed by atoms with Crippen LogP contribution in [0.1, 0.15) is 36.1 Å². The lowest BCUT2D eigenvalue weighted by atomic mass is 9.87. The second-order valence-corrected chi connectivity index (χ2v) is 8.40. The Morgan fingerprint density at radius 2 is 0.968 bits per heavy atom. The molecule has 2 aliphatic heterocycles. The van der Waals surface area contributed by atoms with Gasteiger partial charge in [-0.2, -0.15) is 30.0 Å². The first-order valence-corrected chi connectivity index (χ1v) is 10.9. The van der Waals surface area contributed by atoms with Crippen molar-refractivity contribution in [2.45, 2.75) is 24.9 Å². The summed E-state index contributed by atoms with van der Waals surface area (Å²) in [5.41, 5.74) is 7.69. The topological polar surface area (TPSA) is 64.7 Å². The average molecular weight is 407 g/mol. The van der Waals surface area contributed by atoms with Crippen molar-refractivity contribution >= 4 is 27.8 Å². The molecule has 5 aromatic rings. The molecule has 0 aliphatic carbocycles. The number of benzene rings is 3. The van der Waals surface area contributed by atoms with Crippen LogP contribution in [0.15, 0.2) is 66.7 Å². The number of hydrogen-bond donors (Lipinski definition) is 0. The van der Waals surface area contributed by atoms with Crippen LogP contribution in [0.25, 0.3) is 22.1 Å². The van der Waals surface area contributed by atoms with Crippen LogP contribution in [0.2, 0.25) is 0 Å². The summed E-state index contributed by atoms with van der Waals surface area (Å²) in [5.74, 6) is 0. The van der Waals surface area contributed by atoms with E-state index < -0.39 is 0 Å². The Labute approximate surface area is 178 Å². The molecule has 0 radical (unpaired) electrons. The zero-order chi connectivity index (χ0) is 20.4. The second kappa shape index (κ2) is 6.38. The van der Waals surface area contributed by atoms with E-state index >= 15 is 0 Å². The lowest BCUT2D eigenvalue weighted by molar-refractivity contribution is 0.389. The fourth-order valence-corrected chi connectivity index (χ4v) is 5.20. The largest absolute Gasteiger partial charge is 0.371 e. The number of hydrogen-bond acceptors (Lipinski definition) is 5. The summed E-state index contributed by atoms with van der Waals surface area (Å²) in [6.45, 7) is 2.02. The molecular formula is C24H21N7. The minimum Gasteiger partial charge on any atom is -0.371 e. The van der Waals surface area contributed by atoms with Crippen molar-refractivity contribution in [2.75, 3.05) is 18.0 Å². The van der Waals surface area contributed by atoms with E-state index in [9.17, 15) is 0 Å². The predicted molar refractivity (Wildman–Crippen MR) is 119 cm³/mol. The highest BCUT2D eigenvalue weighted by Crippen LogP contribution is 2.44. The Balaban J connectivity index is 1.36. The molecule has 7 heteroatoms. The average Bonchev–Trinajstić information content (AvgIpc) is 3.44. The van der Waals surface area contributed by atoms with Crippen molar-refractivity contribution < 1.29 is 0 Å². The molecule has 0 spiro atoms. The number of anilines is 1. The monoisotopic (exact) mass is 407 g/mol. The molecule has 152 valence electrons. The minimum absolute atomic E-state index is 0.141. The normalized spacial score (nSPS) is 20.3. The van der Waals surface area contributed by atoms with Gasteiger partial charge in [-0.3, -0.25) is 0 Å². The fraction of sp³-hybridized carbons (Fsp3) is 0.250. The summed E-state index contributed by atoms with van der Waals surface area (Å²) >= 11 is 0. The quantitative estimate of drug-likeness (QED) is 0.443. The van der Waals surface area contributed by atoms with Crippen LogP contribution in [0, 0.1) is 0 Å². The zero-order valence-electron chi connectivity index (χ0n) is 17.0. The molecule has 2 unspecified atom stereocenters. The maximum Gasteiger partial charge on any atom is 0.113 e. The van der Waals surface area contributed by atoms with Gasteiger partial charge in [-0.1, -0.05) is 42.5 Å². The van der Waals surface area contributed by atoms with Gasteiger partial charge in [-0.25, -0.2) is 0 Å². The smallest absolute Gasteiger partial charge is 0.113 e. The summed E-state index contributed by atoms with van der Waals surface area (Å²) in [7, 11) is 0. The highest BCUT2D eigenvalue weighted by atomic mass is 15.5. The molecule has 31 heavy (non-hydrogen) atoms. The third kappa shape index (κ3) is 2.52. The molecule has 0 N–H and O–H groups in total. The molecule has 0 saturated heterocycles. The summed E-state index contributed by atoms with van der Waals surface area (Å²) in [5, 5.41) is 19.2. The first kappa shape index (κ1) is 17.0. The molecular weight excluding hydrogens is 386 g/mol. The maximum absolute atomic E-state index is 4.80. The zero-order valence-corrected chi connectivity index (χ0v) is 17.0. The summed E-state index contributed by atoms with van der Waals surface area (Å²) in [6.07, 6.45) is 2.01. The lowest BCUT2D eigenvalue weighted by Gasteiger charge is -2.41. The van der Waals surface area contributed by atoms with E-state index in [4.69, 9.17) is 20.4 Å². The van der Waals surface area contributed by atoms with Crippen molar-refractivity contribution in [1.29, 1.82) is 0 Å². The van der Waals surface area contributed by atoms with Gasteiger partial charge in [0.1, 0.15) is 34.2 Å². The second-order valence-electron chi connectivity index (χ2n) is 8.40. The fourth-order valence-electron chi connectivity index (χ4n) is 5.20. The van der Waals surface area contributed by atoms with Crippen LogP contribution in [0.4, 0.5) is 5.69 Å². The molecule has 0 fully saturated rings. The molecule has 0 bridgehead atoms. The highest BCUT2D eigenvalue weighted by Gasteiger charge is 2.36. The summed E-state index contributed by atoms with van der Waals surface area (Å²) in [6, 6.07) is 23.1. The van der Waals surface area contributed by atoms with Gasteiger partial charge in [0.05, 0.1) is 0 Å². The first-order chi connectivity index (χ1) is 15.3. The Kier molecular flexibility index (Phi) is 3.50. The van der Waals surface area contributed by atoms with Crippen LogP contribution in [-0.2, 0) is 0 Å². The molecule has 0 saturated carbocycles. The molecule has 0 amide bonds. The van der Waals surface area contributed by atoms with E-state index in [0.29, 0.717) is 0 Å². The highest BCUT2D eigenvalue weighted by molar-refractivity contribution is 5.74. The third-order valence-electron chi connectivity index (χ3n) is 6.64. The molecule has 2 aliphatic rings. The van der Waals surface area contributed by atoms with Crippen LogP contribution in [0.5, 0.6) is 0 Å². The van der Waals surface area contributed by atoms with Gasteiger partial charge < -0.3 is 4.90 Å². The maximum atomic E-state index is 4.80. The van der Waals surface area contributed by atoms with Gasteiger partial charge in [0.25, 0.3) is 0 Å². The van der Waals surface area contributed by atoms with Crippen molar-refractivity contribution in [3.63, 3.8) is 0 Å².